The Hall–Kier alpha value is -4.83. The Kier molecular flexibility index (Phi) is 19.2. The first-order chi connectivity index (χ1) is 27.5. The fraction of sp³-hybridized carbons (Fsp3) is 0.571. The molecule has 0 saturated heterocycles. The SMILES string of the molecule is CC[C@H](C)[C@@H](C(N)=O)N(C)C(=O)[C@](C)(Cc1ccccc1)N(C)C(=O)[C@@H](COCC(F)(F)C(F)F)NC(=C=O)C(Cc1ccccc1)N(C)N(C)C(=O)C(N)CC(C)C. The summed E-state index contributed by atoms with van der Waals surface area (Å²) in [4.78, 5) is 70.8. The molecule has 2 rings (SSSR count). The Bertz CT molecular complexity index is 1730. The van der Waals surface area contributed by atoms with Crippen molar-refractivity contribution in [3.63, 3.8) is 0 Å². The van der Waals surface area contributed by atoms with Crippen molar-refractivity contribution < 1.29 is 46.3 Å². The van der Waals surface area contributed by atoms with E-state index in [0.717, 1.165) is 4.90 Å². The molecule has 5 N–H and O–H groups in total. The lowest BCUT2D eigenvalue weighted by Crippen LogP contribution is -2.65. The average molecular weight is 836 g/mol. The van der Waals surface area contributed by atoms with Crippen LogP contribution in [0.25, 0.3) is 0 Å². The summed E-state index contributed by atoms with van der Waals surface area (Å²) in [5.41, 5.74) is 11.2. The topological polar surface area (TPSA) is 172 Å². The highest BCUT2D eigenvalue weighted by Crippen LogP contribution is 2.28. The van der Waals surface area contributed by atoms with Crippen LogP contribution in [0, 0.1) is 11.8 Å². The molecule has 0 bridgehead atoms. The van der Waals surface area contributed by atoms with E-state index < -0.39 is 78.9 Å². The second-order valence-electron chi connectivity index (χ2n) is 15.6. The van der Waals surface area contributed by atoms with Crippen molar-refractivity contribution in [1.29, 1.82) is 0 Å². The third-order valence-electron chi connectivity index (χ3n) is 10.7. The Morgan fingerprint density at radius 1 is 0.898 bits per heavy atom. The summed E-state index contributed by atoms with van der Waals surface area (Å²) in [5.74, 6) is -6.02. The Labute approximate surface area is 345 Å². The van der Waals surface area contributed by atoms with Gasteiger partial charge in [-0.1, -0.05) is 94.8 Å². The number of carbonyl (C=O) groups is 4. The summed E-state index contributed by atoms with van der Waals surface area (Å²) in [6.45, 7) is 6.06. The second kappa shape index (κ2) is 22.5. The number of nitrogens with two attached hydrogens (primary N) is 2. The number of hydrazine groups is 1. The van der Waals surface area contributed by atoms with E-state index in [2.05, 4.69) is 5.32 Å². The molecule has 4 amide bonds. The number of carbonyl (C=O) groups excluding carboxylic acids is 5. The summed E-state index contributed by atoms with van der Waals surface area (Å²) in [6.07, 6.45) is -3.31. The molecular weight excluding hydrogens is 774 g/mol. The minimum atomic E-state index is -4.59. The second-order valence-corrected chi connectivity index (χ2v) is 15.6. The minimum absolute atomic E-state index is 0.0478. The zero-order valence-electron chi connectivity index (χ0n) is 35.5. The van der Waals surface area contributed by atoms with Gasteiger partial charge in [0.25, 0.3) is 5.91 Å². The molecule has 6 atom stereocenters. The highest BCUT2D eigenvalue weighted by Gasteiger charge is 2.47. The predicted octanol–water partition coefficient (Wildman–Crippen LogP) is 3.69. The summed E-state index contributed by atoms with van der Waals surface area (Å²) < 4.78 is 59.7. The Morgan fingerprint density at radius 2 is 1.44 bits per heavy atom. The van der Waals surface area contributed by atoms with Crippen molar-refractivity contribution in [2.45, 2.75) is 102 Å². The first-order valence-electron chi connectivity index (χ1n) is 19.5. The minimum Gasteiger partial charge on any atom is -0.372 e. The molecule has 59 heavy (non-hydrogen) atoms. The summed E-state index contributed by atoms with van der Waals surface area (Å²) in [5, 5.41) is 5.40. The normalized spacial score (nSPS) is 15.3. The van der Waals surface area contributed by atoms with E-state index in [4.69, 9.17) is 16.2 Å². The van der Waals surface area contributed by atoms with Crippen LogP contribution in [0.5, 0.6) is 0 Å². The molecule has 0 aliphatic carbocycles. The van der Waals surface area contributed by atoms with E-state index in [1.54, 1.807) is 73.5 Å². The summed E-state index contributed by atoms with van der Waals surface area (Å²) in [7, 11) is 5.62. The van der Waals surface area contributed by atoms with Gasteiger partial charge < -0.3 is 31.3 Å². The van der Waals surface area contributed by atoms with Crippen LogP contribution < -0.4 is 16.8 Å². The fourth-order valence-corrected chi connectivity index (χ4v) is 6.79. The van der Waals surface area contributed by atoms with Gasteiger partial charge in [-0.2, -0.15) is 8.78 Å². The summed E-state index contributed by atoms with van der Waals surface area (Å²) >= 11 is 0. The van der Waals surface area contributed by atoms with Gasteiger partial charge in [0.1, 0.15) is 35.9 Å². The predicted molar refractivity (Wildman–Crippen MR) is 216 cm³/mol. The zero-order chi connectivity index (χ0) is 44.8. The maximum Gasteiger partial charge on any atom is 0.330 e. The van der Waals surface area contributed by atoms with Crippen LogP contribution in [-0.4, -0.2) is 133 Å². The van der Waals surface area contributed by atoms with Gasteiger partial charge in [-0.25, -0.2) is 18.6 Å². The molecule has 13 nitrogen and oxygen atoms in total. The van der Waals surface area contributed by atoms with Crippen LogP contribution in [0.4, 0.5) is 17.6 Å². The van der Waals surface area contributed by atoms with Crippen molar-refractivity contribution in [1.82, 2.24) is 25.1 Å². The standard InChI is InChI=1S/C42H61F4N7O6/c1-10-28(4)35(36(48)55)50(6)40(58)41(5,23-30-19-15-12-16-20-30)51(7)38(57)33(25-59-26-42(45,46)39(43)44)49-32(24-54)34(22-29-17-13-11-14-18-29)52(8)53(9)37(56)31(47)21-27(2)3/h11-20,27-28,31,33-35,39,49H,10,21-23,25-26,47H2,1-9H3,(H2,48,55)/t28-,31?,33+,34?,35-,41-/m0/s1. The molecule has 0 aromatic heterocycles. The number of alkyl halides is 4. The van der Waals surface area contributed by atoms with Crippen LogP contribution >= 0.6 is 0 Å². The molecule has 2 unspecified atom stereocenters. The molecule has 0 spiro atoms. The number of hydrogen-bond acceptors (Lipinski definition) is 9. The number of hydrogen-bond donors (Lipinski definition) is 3. The molecule has 2 aromatic carbocycles. The number of rotatable bonds is 24. The maximum atomic E-state index is 14.8. The van der Waals surface area contributed by atoms with Crippen molar-refractivity contribution >= 4 is 29.6 Å². The quantitative estimate of drug-likeness (QED) is 0.0811. The lowest BCUT2D eigenvalue weighted by atomic mass is 9.87. The van der Waals surface area contributed by atoms with E-state index in [9.17, 15) is 41.5 Å². The van der Waals surface area contributed by atoms with Gasteiger partial charge in [-0.3, -0.25) is 24.2 Å². The number of amides is 4. The van der Waals surface area contributed by atoms with Gasteiger partial charge in [-0.05, 0) is 42.7 Å². The third kappa shape index (κ3) is 13.6. The molecule has 0 fully saturated rings. The van der Waals surface area contributed by atoms with Gasteiger partial charge in [0.15, 0.2) is 0 Å². The first-order valence-corrected chi connectivity index (χ1v) is 19.5. The van der Waals surface area contributed by atoms with Crippen LogP contribution in [0.3, 0.4) is 0 Å². The number of nitrogens with zero attached hydrogens (tertiary/aromatic N) is 4. The monoisotopic (exact) mass is 835 g/mol. The molecule has 2 aromatic rings. The maximum absolute atomic E-state index is 14.8. The van der Waals surface area contributed by atoms with Crippen molar-refractivity contribution in [3.05, 3.63) is 77.5 Å². The number of halogens is 4. The number of ether oxygens (including phenoxy) is 1. The lowest BCUT2D eigenvalue weighted by Gasteiger charge is -2.44. The van der Waals surface area contributed by atoms with Crippen LogP contribution in [0.15, 0.2) is 66.4 Å². The molecule has 0 aliphatic heterocycles. The number of nitrogens with one attached hydrogen (secondary N) is 1. The largest absolute Gasteiger partial charge is 0.372 e. The highest BCUT2D eigenvalue weighted by molar-refractivity contribution is 5.95. The van der Waals surface area contributed by atoms with Crippen LogP contribution in [0.2, 0.25) is 0 Å². The van der Waals surface area contributed by atoms with Gasteiger partial charge >= 0.3 is 12.3 Å². The lowest BCUT2D eigenvalue weighted by molar-refractivity contribution is -0.170. The van der Waals surface area contributed by atoms with Crippen molar-refractivity contribution in [3.8, 4) is 0 Å². The van der Waals surface area contributed by atoms with Crippen LogP contribution in [-0.2, 0) is 41.6 Å². The van der Waals surface area contributed by atoms with Gasteiger partial charge in [0.05, 0.1) is 18.7 Å². The first kappa shape index (κ1) is 50.3. The third-order valence-corrected chi connectivity index (χ3v) is 10.7. The van der Waals surface area contributed by atoms with Crippen LogP contribution in [0.1, 0.15) is 58.6 Å². The van der Waals surface area contributed by atoms with E-state index in [1.165, 1.54) is 50.0 Å². The molecule has 0 saturated carbocycles. The molecule has 17 heteroatoms. The average Bonchev–Trinajstić information content (AvgIpc) is 3.19. The number of primary amides is 1. The van der Waals surface area contributed by atoms with Gasteiger partial charge in [0, 0.05) is 34.6 Å². The molecule has 328 valence electrons. The number of benzene rings is 2. The molecular formula is C42H61F4N7O6. The van der Waals surface area contributed by atoms with Crippen molar-refractivity contribution in [2.75, 3.05) is 41.4 Å². The van der Waals surface area contributed by atoms with E-state index in [-0.39, 0.29) is 30.4 Å². The smallest absolute Gasteiger partial charge is 0.330 e. The van der Waals surface area contributed by atoms with Crippen molar-refractivity contribution in [2.24, 2.45) is 23.3 Å². The van der Waals surface area contributed by atoms with E-state index in [0.29, 0.717) is 24.0 Å². The zero-order valence-corrected chi connectivity index (χ0v) is 35.5. The van der Waals surface area contributed by atoms with E-state index in [1.807, 2.05) is 20.8 Å². The van der Waals surface area contributed by atoms with Gasteiger partial charge in [-0.15, -0.1) is 0 Å². The Morgan fingerprint density at radius 3 is 1.92 bits per heavy atom. The Balaban J connectivity index is 2.74. The molecule has 0 radical (unpaired) electrons. The number of likely N-dealkylation sites (N-methyl/N-ethyl adjacent to an activating group) is 4. The van der Waals surface area contributed by atoms with Gasteiger partial charge in [0.2, 0.25) is 17.7 Å². The molecule has 0 aliphatic rings. The highest BCUT2D eigenvalue weighted by atomic mass is 19.3. The summed E-state index contributed by atoms with van der Waals surface area (Å²) in [6, 6.07) is 12.6. The van der Waals surface area contributed by atoms with E-state index >= 15 is 0 Å². The molecule has 0 heterocycles. The fourth-order valence-electron chi connectivity index (χ4n) is 6.79.